The molecular formula is C10H12N6O2S. The number of fused-ring (bicyclic) bond motifs is 1. The Labute approximate surface area is 109 Å². The van der Waals surface area contributed by atoms with Gasteiger partial charge in [-0.25, -0.2) is 13.4 Å². The number of aromatic nitrogens is 4. The summed E-state index contributed by atoms with van der Waals surface area (Å²) in [4.78, 5) is 3.94. The zero-order valence-corrected chi connectivity index (χ0v) is 10.8. The highest BCUT2D eigenvalue weighted by Gasteiger charge is 2.29. The highest BCUT2D eigenvalue weighted by molar-refractivity contribution is 7.89. The number of sulfonamides is 1. The molecule has 0 aromatic carbocycles. The van der Waals surface area contributed by atoms with Crippen LogP contribution in [0.4, 0.5) is 5.82 Å². The first-order chi connectivity index (χ1) is 9.07. The minimum Gasteiger partial charge on any atom is -0.384 e. The van der Waals surface area contributed by atoms with Crippen molar-refractivity contribution < 1.29 is 8.42 Å². The SMILES string of the molecule is Nc1cc(S(=O)(=O)N2CCn3cnnc3C2)ccn1. The van der Waals surface area contributed by atoms with Crippen molar-refractivity contribution in [2.75, 3.05) is 12.3 Å². The van der Waals surface area contributed by atoms with E-state index in [2.05, 4.69) is 15.2 Å². The van der Waals surface area contributed by atoms with Crippen LogP contribution in [0.3, 0.4) is 0 Å². The molecule has 1 aliphatic heterocycles. The van der Waals surface area contributed by atoms with Crippen LogP contribution in [-0.4, -0.2) is 39.0 Å². The van der Waals surface area contributed by atoms with Crippen LogP contribution in [0.1, 0.15) is 5.82 Å². The molecule has 0 aliphatic carbocycles. The van der Waals surface area contributed by atoms with Crippen molar-refractivity contribution in [1.82, 2.24) is 24.1 Å². The van der Waals surface area contributed by atoms with Gasteiger partial charge < -0.3 is 10.3 Å². The maximum absolute atomic E-state index is 12.5. The third-order valence-corrected chi connectivity index (χ3v) is 4.84. The van der Waals surface area contributed by atoms with Gasteiger partial charge in [-0.1, -0.05) is 0 Å². The molecule has 0 radical (unpaired) electrons. The van der Waals surface area contributed by atoms with Crippen LogP contribution in [0, 0.1) is 0 Å². The molecule has 0 saturated heterocycles. The molecule has 0 bridgehead atoms. The van der Waals surface area contributed by atoms with E-state index in [4.69, 9.17) is 5.73 Å². The molecule has 0 unspecified atom stereocenters. The second-order valence-electron chi connectivity index (χ2n) is 4.20. The Hall–Kier alpha value is -2.00. The molecule has 100 valence electrons. The van der Waals surface area contributed by atoms with Crippen LogP contribution < -0.4 is 5.73 Å². The number of rotatable bonds is 2. The summed E-state index contributed by atoms with van der Waals surface area (Å²) in [6.07, 6.45) is 2.98. The molecule has 0 fully saturated rings. The summed E-state index contributed by atoms with van der Waals surface area (Å²) in [5, 5.41) is 7.67. The van der Waals surface area contributed by atoms with Gasteiger partial charge in [0, 0.05) is 25.4 Å². The molecule has 0 amide bonds. The summed E-state index contributed by atoms with van der Waals surface area (Å²) >= 11 is 0. The molecular weight excluding hydrogens is 268 g/mol. The van der Waals surface area contributed by atoms with Gasteiger partial charge in [-0.3, -0.25) is 0 Å². The smallest absolute Gasteiger partial charge is 0.243 e. The molecule has 19 heavy (non-hydrogen) atoms. The Morgan fingerprint density at radius 2 is 2.16 bits per heavy atom. The molecule has 3 heterocycles. The summed E-state index contributed by atoms with van der Waals surface area (Å²) in [6, 6.07) is 2.79. The van der Waals surface area contributed by atoms with Crippen molar-refractivity contribution in [2.24, 2.45) is 0 Å². The van der Waals surface area contributed by atoms with Crippen LogP contribution in [0.15, 0.2) is 29.6 Å². The van der Waals surface area contributed by atoms with Gasteiger partial charge in [0.25, 0.3) is 0 Å². The fourth-order valence-electron chi connectivity index (χ4n) is 1.99. The highest BCUT2D eigenvalue weighted by Crippen LogP contribution is 2.21. The Kier molecular flexibility index (Phi) is 2.72. The Morgan fingerprint density at radius 1 is 1.32 bits per heavy atom. The van der Waals surface area contributed by atoms with Crippen LogP contribution in [0.5, 0.6) is 0 Å². The lowest BCUT2D eigenvalue weighted by atomic mass is 10.4. The predicted octanol–water partition coefficient (Wildman–Crippen LogP) is -0.540. The minimum atomic E-state index is -3.57. The monoisotopic (exact) mass is 280 g/mol. The van der Waals surface area contributed by atoms with Crippen molar-refractivity contribution in [3.05, 3.63) is 30.5 Å². The number of hydrogen-bond acceptors (Lipinski definition) is 6. The highest BCUT2D eigenvalue weighted by atomic mass is 32.2. The van der Waals surface area contributed by atoms with Crippen LogP contribution in [0.2, 0.25) is 0 Å². The molecule has 3 rings (SSSR count). The molecule has 0 atom stereocenters. The Morgan fingerprint density at radius 3 is 2.95 bits per heavy atom. The molecule has 2 N–H and O–H groups in total. The van der Waals surface area contributed by atoms with E-state index in [0.29, 0.717) is 18.9 Å². The second kappa shape index (κ2) is 4.28. The third-order valence-electron chi connectivity index (χ3n) is 2.99. The van der Waals surface area contributed by atoms with Crippen LogP contribution >= 0.6 is 0 Å². The standard InChI is InChI=1S/C10H12N6O2S/c11-9-5-8(1-2-12-9)19(17,18)16-4-3-15-7-13-14-10(15)6-16/h1-2,5,7H,3-4,6H2,(H2,11,12). The van der Waals surface area contributed by atoms with Crippen molar-refractivity contribution >= 4 is 15.8 Å². The molecule has 0 saturated carbocycles. The summed E-state index contributed by atoms with van der Waals surface area (Å²) in [5.74, 6) is 0.818. The van der Waals surface area contributed by atoms with E-state index in [-0.39, 0.29) is 17.3 Å². The van der Waals surface area contributed by atoms with Crippen molar-refractivity contribution in [1.29, 1.82) is 0 Å². The van der Waals surface area contributed by atoms with E-state index < -0.39 is 10.0 Å². The lowest BCUT2D eigenvalue weighted by Crippen LogP contribution is -2.38. The maximum atomic E-state index is 12.5. The van der Waals surface area contributed by atoms with Crippen molar-refractivity contribution in [3.63, 3.8) is 0 Å². The van der Waals surface area contributed by atoms with Gasteiger partial charge in [-0.2, -0.15) is 4.31 Å². The average molecular weight is 280 g/mol. The molecule has 2 aromatic rings. The van der Waals surface area contributed by atoms with Gasteiger partial charge in [0.15, 0.2) is 0 Å². The lowest BCUT2D eigenvalue weighted by molar-refractivity contribution is 0.335. The van der Waals surface area contributed by atoms with Crippen molar-refractivity contribution in [2.45, 2.75) is 18.0 Å². The number of nitrogens with two attached hydrogens (primary N) is 1. The van der Waals surface area contributed by atoms with E-state index in [0.717, 1.165) is 0 Å². The first-order valence-electron chi connectivity index (χ1n) is 5.66. The van der Waals surface area contributed by atoms with E-state index in [1.807, 2.05) is 4.57 Å². The van der Waals surface area contributed by atoms with E-state index in [1.54, 1.807) is 6.33 Å². The fraction of sp³-hybridized carbons (Fsp3) is 0.300. The Bertz CT molecular complexity index is 710. The van der Waals surface area contributed by atoms with Crippen LogP contribution in [0.25, 0.3) is 0 Å². The second-order valence-corrected chi connectivity index (χ2v) is 6.13. The number of hydrogen-bond donors (Lipinski definition) is 1. The molecule has 9 heteroatoms. The normalized spacial score (nSPS) is 16.2. The average Bonchev–Trinajstić information content (AvgIpc) is 2.85. The van der Waals surface area contributed by atoms with Gasteiger partial charge in [-0.15, -0.1) is 10.2 Å². The largest absolute Gasteiger partial charge is 0.384 e. The van der Waals surface area contributed by atoms with Gasteiger partial charge in [0.1, 0.15) is 18.0 Å². The number of nitrogens with zero attached hydrogens (tertiary/aromatic N) is 5. The molecule has 0 spiro atoms. The zero-order valence-electron chi connectivity index (χ0n) is 9.97. The molecule has 2 aromatic heterocycles. The summed E-state index contributed by atoms with van der Waals surface area (Å²) in [7, 11) is -3.57. The molecule has 1 aliphatic rings. The van der Waals surface area contributed by atoms with Gasteiger partial charge >= 0.3 is 0 Å². The van der Waals surface area contributed by atoms with Gasteiger partial charge in [0.05, 0.1) is 11.4 Å². The third kappa shape index (κ3) is 2.06. The number of pyridine rings is 1. The van der Waals surface area contributed by atoms with Gasteiger partial charge in [0.2, 0.25) is 10.0 Å². The first-order valence-corrected chi connectivity index (χ1v) is 7.10. The lowest BCUT2D eigenvalue weighted by Gasteiger charge is -2.26. The summed E-state index contributed by atoms with van der Waals surface area (Å²) in [5.41, 5.74) is 5.52. The van der Waals surface area contributed by atoms with Crippen molar-refractivity contribution in [3.8, 4) is 0 Å². The van der Waals surface area contributed by atoms with E-state index >= 15 is 0 Å². The Balaban J connectivity index is 1.94. The number of nitrogen functional groups attached to an aromatic ring is 1. The topological polar surface area (TPSA) is 107 Å². The van der Waals surface area contributed by atoms with E-state index in [1.165, 1.54) is 22.6 Å². The fourth-order valence-corrected chi connectivity index (χ4v) is 3.39. The zero-order chi connectivity index (χ0) is 13.5. The number of anilines is 1. The summed E-state index contributed by atoms with van der Waals surface area (Å²) in [6.45, 7) is 1.14. The predicted molar refractivity (Wildman–Crippen MR) is 66.3 cm³/mol. The molecule has 8 nitrogen and oxygen atoms in total. The first kappa shape index (κ1) is 12.1. The quantitative estimate of drug-likeness (QED) is 0.791. The summed E-state index contributed by atoms with van der Waals surface area (Å²) < 4.78 is 28.1. The maximum Gasteiger partial charge on any atom is 0.243 e. The van der Waals surface area contributed by atoms with Gasteiger partial charge in [-0.05, 0) is 6.07 Å². The van der Waals surface area contributed by atoms with E-state index in [9.17, 15) is 8.42 Å². The van der Waals surface area contributed by atoms with Crippen LogP contribution in [-0.2, 0) is 23.1 Å². The minimum absolute atomic E-state index is 0.146.